The molecule has 0 aliphatic carbocycles. The minimum absolute atomic E-state index is 0.544. The van der Waals surface area contributed by atoms with E-state index < -0.39 is 32.4 Å². The average molecular weight is 454 g/mol. The second kappa shape index (κ2) is 7.73. The van der Waals surface area contributed by atoms with Crippen molar-refractivity contribution in [3.05, 3.63) is 55.7 Å². The first-order valence-electron chi connectivity index (χ1n) is 6.62. The van der Waals surface area contributed by atoms with Crippen molar-refractivity contribution in [2.45, 2.75) is 6.18 Å². The Balaban J connectivity index is 2.37. The Bertz CT molecular complexity index is 636. The van der Waals surface area contributed by atoms with Gasteiger partial charge in [0, 0.05) is 0 Å². The van der Waals surface area contributed by atoms with Gasteiger partial charge in [0.2, 0.25) is 0 Å². The normalized spacial score (nSPS) is 11.2. The fourth-order valence-corrected chi connectivity index (χ4v) is 5.60. The molecule has 0 aliphatic rings. The molecule has 0 atom stereocenters. The standard InChI is InChI=1S/C16H14F3IO4/c1-22-13-7-3-11(4-8-13)20(24-15(21)16(17,18)19)12-5-9-14(23-2)10-6-12/h3-10H,1-2H3/q+1. The van der Waals surface area contributed by atoms with Gasteiger partial charge in [-0.15, -0.1) is 0 Å². The highest BCUT2D eigenvalue weighted by Gasteiger charge is 2.48. The SMILES string of the molecule is COc1ccc([I+](OC(=O)C(F)(F)F)c2ccc(OC)cc2)cc1. The molecule has 0 amide bonds. The van der Waals surface area contributed by atoms with Crippen LogP contribution in [-0.2, 0) is 7.86 Å². The highest BCUT2D eigenvalue weighted by Crippen LogP contribution is 2.15. The molecule has 4 nitrogen and oxygen atoms in total. The number of hydrogen-bond donors (Lipinski definition) is 0. The lowest BCUT2D eigenvalue weighted by molar-refractivity contribution is -1.04. The summed E-state index contributed by atoms with van der Waals surface area (Å²) in [6.45, 7) is 0. The van der Waals surface area contributed by atoms with Gasteiger partial charge in [0.15, 0.2) is 7.14 Å². The fraction of sp³-hybridized carbons (Fsp3) is 0.188. The number of carbonyl (C=O) groups excluding carboxylic acids is 1. The molecule has 0 spiro atoms. The van der Waals surface area contributed by atoms with Crippen LogP contribution in [0.1, 0.15) is 0 Å². The van der Waals surface area contributed by atoms with E-state index in [0.717, 1.165) is 0 Å². The lowest BCUT2D eigenvalue weighted by Crippen LogP contribution is -3.85. The number of rotatable bonds is 5. The number of methoxy groups -OCH3 is 2. The molecule has 0 saturated carbocycles. The summed E-state index contributed by atoms with van der Waals surface area (Å²) >= 11 is -3.06. The first-order chi connectivity index (χ1) is 11.3. The molecule has 0 aliphatic heterocycles. The van der Waals surface area contributed by atoms with Crippen molar-refractivity contribution in [3.63, 3.8) is 0 Å². The van der Waals surface area contributed by atoms with Crippen LogP contribution >= 0.6 is 0 Å². The molecule has 24 heavy (non-hydrogen) atoms. The predicted molar refractivity (Wildman–Crippen MR) is 75.5 cm³/mol. The zero-order valence-electron chi connectivity index (χ0n) is 12.8. The van der Waals surface area contributed by atoms with E-state index in [1.807, 2.05) is 0 Å². The van der Waals surface area contributed by atoms with Crippen LogP contribution in [0.4, 0.5) is 13.2 Å². The van der Waals surface area contributed by atoms with E-state index in [1.54, 1.807) is 48.5 Å². The van der Waals surface area contributed by atoms with Crippen molar-refractivity contribution >= 4 is 5.97 Å². The first-order valence-corrected chi connectivity index (χ1v) is 9.66. The van der Waals surface area contributed by atoms with Crippen molar-refractivity contribution in [1.29, 1.82) is 0 Å². The van der Waals surface area contributed by atoms with E-state index in [9.17, 15) is 18.0 Å². The number of hydrogen-bond acceptors (Lipinski definition) is 4. The molecule has 0 bridgehead atoms. The molecule has 2 aromatic rings. The topological polar surface area (TPSA) is 44.8 Å². The van der Waals surface area contributed by atoms with Crippen LogP contribution in [0.3, 0.4) is 0 Å². The second-order valence-electron chi connectivity index (χ2n) is 4.43. The van der Waals surface area contributed by atoms with Crippen LogP contribution in [-0.4, -0.2) is 26.4 Å². The van der Waals surface area contributed by atoms with Crippen molar-refractivity contribution in [3.8, 4) is 11.5 Å². The molecule has 129 valence electrons. The average Bonchev–Trinajstić information content (AvgIpc) is 2.59. The Morgan fingerprint density at radius 2 is 1.21 bits per heavy atom. The molecule has 8 heteroatoms. The Kier molecular flexibility index (Phi) is 5.92. The van der Waals surface area contributed by atoms with Crippen molar-refractivity contribution < 1.29 is 50.7 Å². The lowest BCUT2D eigenvalue weighted by atomic mass is 10.3. The van der Waals surface area contributed by atoms with Crippen LogP contribution in [0.25, 0.3) is 0 Å². The maximum atomic E-state index is 12.6. The molecule has 1 radical (unpaired) electrons. The molecular weight excluding hydrogens is 440 g/mol. The molecule has 2 aromatic carbocycles. The van der Waals surface area contributed by atoms with Gasteiger partial charge in [-0.25, -0.2) is 7.86 Å². The van der Waals surface area contributed by atoms with E-state index in [0.29, 0.717) is 18.6 Å². The number of benzene rings is 2. The van der Waals surface area contributed by atoms with Gasteiger partial charge in [0.05, 0.1) is 14.2 Å². The van der Waals surface area contributed by atoms with Gasteiger partial charge in [-0.2, -0.15) is 13.2 Å². The third-order valence-corrected chi connectivity index (χ3v) is 7.42. The molecule has 0 saturated heterocycles. The van der Waals surface area contributed by atoms with E-state index in [1.165, 1.54) is 14.2 Å². The molecule has 0 N–H and O–H groups in total. The van der Waals surface area contributed by atoms with Crippen LogP contribution < -0.4 is 29.7 Å². The van der Waals surface area contributed by atoms with Gasteiger partial charge >= 0.3 is 32.4 Å². The minimum atomic E-state index is -5.03. The third-order valence-electron chi connectivity index (χ3n) is 2.87. The summed E-state index contributed by atoms with van der Waals surface area (Å²) in [7, 11) is 2.97. The van der Waals surface area contributed by atoms with Crippen molar-refractivity contribution in [2.24, 2.45) is 0 Å². The van der Waals surface area contributed by atoms with Gasteiger partial charge in [0.25, 0.3) is 0 Å². The number of halogens is 4. The monoisotopic (exact) mass is 454 g/mol. The number of ether oxygens (including phenoxy) is 2. The molecule has 2 rings (SSSR count). The molecule has 0 unspecified atom stereocenters. The second-order valence-corrected chi connectivity index (χ2v) is 8.78. The summed E-state index contributed by atoms with van der Waals surface area (Å²) in [6.07, 6.45) is -5.03. The molecule has 0 fully saturated rings. The van der Waals surface area contributed by atoms with Gasteiger partial charge in [-0.1, -0.05) is 0 Å². The summed E-state index contributed by atoms with van der Waals surface area (Å²) in [4.78, 5) is 11.3. The zero-order valence-corrected chi connectivity index (χ0v) is 14.9. The zero-order chi connectivity index (χ0) is 17.7. The van der Waals surface area contributed by atoms with Gasteiger partial charge < -0.3 is 9.47 Å². The minimum Gasteiger partial charge on any atom is -0.497 e. The highest BCUT2D eigenvalue weighted by atomic mass is 127. The van der Waals surface area contributed by atoms with Crippen molar-refractivity contribution in [1.82, 2.24) is 0 Å². The molecule has 0 heterocycles. The molecular formula is C16H14F3IO4+. The lowest BCUT2D eigenvalue weighted by Gasteiger charge is -2.08. The Hall–Kier alpha value is -1.97. The van der Waals surface area contributed by atoms with E-state index in [2.05, 4.69) is 0 Å². The summed E-state index contributed by atoms with van der Waals surface area (Å²) in [5, 5.41) is 0. The summed E-state index contributed by atoms with van der Waals surface area (Å²) in [5.74, 6) is -1.06. The summed E-state index contributed by atoms with van der Waals surface area (Å²) in [5.41, 5.74) is 0. The van der Waals surface area contributed by atoms with Crippen molar-refractivity contribution in [2.75, 3.05) is 14.2 Å². The van der Waals surface area contributed by atoms with Gasteiger partial charge in [0.1, 0.15) is 11.5 Å². The summed E-state index contributed by atoms with van der Waals surface area (Å²) < 4.78 is 53.8. The van der Waals surface area contributed by atoms with Crippen LogP contribution in [0.2, 0.25) is 0 Å². The van der Waals surface area contributed by atoms with E-state index in [4.69, 9.17) is 12.5 Å². The Morgan fingerprint density at radius 1 is 0.833 bits per heavy atom. The Morgan fingerprint density at radius 3 is 1.50 bits per heavy atom. The quantitative estimate of drug-likeness (QED) is 0.614. The number of carbonyl (C=O) groups is 1. The first kappa shape index (κ1) is 18.4. The van der Waals surface area contributed by atoms with Gasteiger partial charge in [-0.3, -0.25) is 0 Å². The van der Waals surface area contributed by atoms with Crippen LogP contribution in [0, 0.1) is 7.14 Å². The third kappa shape index (κ3) is 4.53. The van der Waals surface area contributed by atoms with Crippen LogP contribution in [0.5, 0.6) is 11.5 Å². The smallest absolute Gasteiger partial charge is 0.496 e. The Labute approximate surface area is 144 Å². The predicted octanol–water partition coefficient (Wildman–Crippen LogP) is 0.388. The summed E-state index contributed by atoms with van der Waals surface area (Å²) in [6, 6.07) is 12.9. The largest absolute Gasteiger partial charge is 0.497 e. The van der Waals surface area contributed by atoms with E-state index in [-0.39, 0.29) is 0 Å². The number of alkyl halides is 3. The fourth-order valence-electron chi connectivity index (χ4n) is 1.70. The maximum absolute atomic E-state index is 12.6. The van der Waals surface area contributed by atoms with Gasteiger partial charge in [-0.05, 0) is 48.5 Å². The maximum Gasteiger partial charge on any atom is 0.496 e. The highest BCUT2D eigenvalue weighted by molar-refractivity contribution is 5.74. The van der Waals surface area contributed by atoms with Crippen LogP contribution in [0.15, 0.2) is 48.5 Å². The molecule has 0 aromatic heterocycles. The van der Waals surface area contributed by atoms with E-state index >= 15 is 0 Å².